The number of carbonyl (C=O) groups excluding carboxylic acids is 1. The lowest BCUT2D eigenvalue weighted by Gasteiger charge is -2.07. The van der Waals surface area contributed by atoms with Crippen LogP contribution < -0.4 is 5.32 Å². The van der Waals surface area contributed by atoms with Crippen molar-refractivity contribution in [2.24, 2.45) is 0 Å². The van der Waals surface area contributed by atoms with Gasteiger partial charge in [-0.15, -0.1) is 5.10 Å². The lowest BCUT2D eigenvalue weighted by atomic mass is 10.1. The van der Waals surface area contributed by atoms with Gasteiger partial charge in [0.1, 0.15) is 11.5 Å². The standard InChI is InChI=1S/C21H18FN5OS/c1-13-19(14(2)27(25-13)18-9-5-16(22)6-10-18)11-21(28)23-17-7-3-15(4-8-17)20-12-29-26-24-20/h3-10,12H,11H2,1-2H3,(H,23,28). The first-order chi connectivity index (χ1) is 14.0. The minimum atomic E-state index is -0.299. The van der Waals surface area contributed by atoms with Gasteiger partial charge in [0.15, 0.2) is 0 Å². The van der Waals surface area contributed by atoms with Crippen molar-refractivity contribution in [3.8, 4) is 16.9 Å². The molecule has 6 nitrogen and oxygen atoms in total. The summed E-state index contributed by atoms with van der Waals surface area (Å²) in [6.45, 7) is 3.77. The van der Waals surface area contributed by atoms with Crippen molar-refractivity contribution in [1.29, 1.82) is 0 Å². The van der Waals surface area contributed by atoms with Crippen LogP contribution in [0.5, 0.6) is 0 Å². The van der Waals surface area contributed by atoms with Gasteiger partial charge in [0.2, 0.25) is 5.91 Å². The van der Waals surface area contributed by atoms with Gasteiger partial charge in [-0.05, 0) is 61.8 Å². The summed E-state index contributed by atoms with van der Waals surface area (Å²) in [4.78, 5) is 12.6. The molecular weight excluding hydrogens is 389 g/mol. The number of hydrogen-bond donors (Lipinski definition) is 1. The van der Waals surface area contributed by atoms with Gasteiger partial charge in [-0.25, -0.2) is 9.07 Å². The van der Waals surface area contributed by atoms with Crippen LogP contribution in [0, 0.1) is 19.7 Å². The van der Waals surface area contributed by atoms with E-state index in [1.807, 2.05) is 43.5 Å². The van der Waals surface area contributed by atoms with Crippen molar-refractivity contribution in [2.75, 3.05) is 5.32 Å². The predicted octanol–water partition coefficient (Wildman–Crippen LogP) is 4.33. The van der Waals surface area contributed by atoms with Gasteiger partial charge in [-0.3, -0.25) is 4.79 Å². The van der Waals surface area contributed by atoms with E-state index in [0.29, 0.717) is 5.69 Å². The molecule has 0 aliphatic heterocycles. The Morgan fingerprint density at radius 1 is 1.10 bits per heavy atom. The topological polar surface area (TPSA) is 72.7 Å². The summed E-state index contributed by atoms with van der Waals surface area (Å²) in [5.74, 6) is -0.426. The zero-order chi connectivity index (χ0) is 20.4. The minimum Gasteiger partial charge on any atom is -0.326 e. The fourth-order valence-corrected chi connectivity index (χ4v) is 3.61. The Kier molecular flexibility index (Phi) is 5.18. The number of amides is 1. The van der Waals surface area contributed by atoms with E-state index in [4.69, 9.17) is 0 Å². The SMILES string of the molecule is Cc1nn(-c2ccc(F)cc2)c(C)c1CC(=O)Nc1ccc(-c2csnn2)cc1. The van der Waals surface area contributed by atoms with Gasteiger partial charge in [0.05, 0.1) is 17.8 Å². The molecule has 0 spiro atoms. The first-order valence-electron chi connectivity index (χ1n) is 8.99. The number of nitrogens with one attached hydrogen (secondary N) is 1. The van der Waals surface area contributed by atoms with Crippen LogP contribution in [0.15, 0.2) is 53.9 Å². The molecule has 0 fully saturated rings. The molecule has 1 amide bonds. The molecule has 2 aromatic carbocycles. The molecule has 0 bridgehead atoms. The second-order valence-corrected chi connectivity index (χ2v) is 7.24. The van der Waals surface area contributed by atoms with Gasteiger partial charge in [0.25, 0.3) is 0 Å². The highest BCUT2D eigenvalue weighted by atomic mass is 32.1. The van der Waals surface area contributed by atoms with Gasteiger partial charge < -0.3 is 5.32 Å². The van der Waals surface area contributed by atoms with Crippen molar-refractivity contribution >= 4 is 23.1 Å². The number of benzene rings is 2. The average molecular weight is 407 g/mol. The maximum absolute atomic E-state index is 13.2. The van der Waals surface area contributed by atoms with Gasteiger partial charge in [-0.2, -0.15) is 5.10 Å². The predicted molar refractivity (Wildman–Crippen MR) is 111 cm³/mol. The highest BCUT2D eigenvalue weighted by molar-refractivity contribution is 7.03. The van der Waals surface area contributed by atoms with Crippen LogP contribution in [0.4, 0.5) is 10.1 Å². The van der Waals surface area contributed by atoms with E-state index in [0.717, 1.165) is 33.9 Å². The second kappa shape index (κ2) is 7.92. The van der Waals surface area contributed by atoms with Crippen LogP contribution in [0.1, 0.15) is 17.0 Å². The monoisotopic (exact) mass is 407 g/mol. The highest BCUT2D eigenvalue weighted by Gasteiger charge is 2.16. The van der Waals surface area contributed by atoms with Crippen molar-refractivity contribution in [3.63, 3.8) is 0 Å². The van der Waals surface area contributed by atoms with Gasteiger partial charge in [0, 0.05) is 27.9 Å². The fraction of sp³-hybridized carbons (Fsp3) is 0.143. The average Bonchev–Trinajstić information content (AvgIpc) is 3.34. The molecule has 0 saturated heterocycles. The minimum absolute atomic E-state index is 0.127. The third kappa shape index (κ3) is 4.07. The lowest BCUT2D eigenvalue weighted by Crippen LogP contribution is -2.15. The van der Waals surface area contributed by atoms with E-state index in [1.54, 1.807) is 16.8 Å². The van der Waals surface area contributed by atoms with Crippen LogP contribution in [0.2, 0.25) is 0 Å². The number of halogens is 1. The van der Waals surface area contributed by atoms with E-state index in [-0.39, 0.29) is 18.1 Å². The van der Waals surface area contributed by atoms with Crippen LogP contribution in [-0.2, 0) is 11.2 Å². The number of hydrogen-bond acceptors (Lipinski definition) is 5. The van der Waals surface area contributed by atoms with E-state index in [2.05, 4.69) is 20.0 Å². The number of rotatable bonds is 5. The van der Waals surface area contributed by atoms with Gasteiger partial charge >= 0.3 is 0 Å². The lowest BCUT2D eigenvalue weighted by molar-refractivity contribution is -0.115. The van der Waals surface area contributed by atoms with Crippen molar-refractivity contribution in [1.82, 2.24) is 19.4 Å². The smallest absolute Gasteiger partial charge is 0.228 e. The largest absolute Gasteiger partial charge is 0.326 e. The number of anilines is 1. The third-order valence-electron chi connectivity index (χ3n) is 4.67. The van der Waals surface area contributed by atoms with Gasteiger partial charge in [-0.1, -0.05) is 16.6 Å². The Bertz CT molecular complexity index is 1140. The van der Waals surface area contributed by atoms with E-state index in [9.17, 15) is 9.18 Å². The van der Waals surface area contributed by atoms with E-state index >= 15 is 0 Å². The third-order valence-corrected chi connectivity index (χ3v) is 5.18. The van der Waals surface area contributed by atoms with Crippen LogP contribution >= 0.6 is 11.5 Å². The Labute approximate surface area is 171 Å². The molecule has 1 N–H and O–H groups in total. The molecule has 8 heteroatoms. The van der Waals surface area contributed by atoms with Crippen LogP contribution in [-0.4, -0.2) is 25.3 Å². The summed E-state index contributed by atoms with van der Waals surface area (Å²) < 4.78 is 18.8. The zero-order valence-electron chi connectivity index (χ0n) is 15.9. The zero-order valence-corrected chi connectivity index (χ0v) is 16.7. The summed E-state index contributed by atoms with van der Waals surface area (Å²) in [6.07, 6.45) is 0.205. The number of carbonyl (C=O) groups is 1. The molecule has 0 saturated carbocycles. The Hall–Kier alpha value is -3.39. The highest BCUT2D eigenvalue weighted by Crippen LogP contribution is 2.22. The Morgan fingerprint density at radius 2 is 1.83 bits per heavy atom. The molecule has 0 aliphatic carbocycles. The molecule has 0 aliphatic rings. The summed E-state index contributed by atoms with van der Waals surface area (Å²) in [5, 5.41) is 13.3. The molecule has 0 atom stereocenters. The Morgan fingerprint density at radius 3 is 2.48 bits per heavy atom. The molecule has 0 radical (unpaired) electrons. The summed E-state index contributed by atoms with van der Waals surface area (Å²) >= 11 is 1.30. The number of aryl methyl sites for hydroxylation is 1. The molecule has 29 heavy (non-hydrogen) atoms. The quantitative estimate of drug-likeness (QED) is 0.535. The van der Waals surface area contributed by atoms with E-state index < -0.39 is 0 Å². The molecule has 2 aromatic heterocycles. The number of aromatic nitrogens is 4. The Balaban J connectivity index is 1.48. The van der Waals surface area contributed by atoms with Crippen LogP contribution in [0.3, 0.4) is 0 Å². The molecular formula is C21H18FN5OS. The van der Waals surface area contributed by atoms with Crippen molar-refractivity contribution in [3.05, 3.63) is 76.7 Å². The maximum atomic E-state index is 13.2. The van der Waals surface area contributed by atoms with Crippen molar-refractivity contribution < 1.29 is 9.18 Å². The molecule has 146 valence electrons. The van der Waals surface area contributed by atoms with Crippen molar-refractivity contribution in [2.45, 2.75) is 20.3 Å². The maximum Gasteiger partial charge on any atom is 0.228 e. The molecule has 4 rings (SSSR count). The summed E-state index contributed by atoms with van der Waals surface area (Å²) in [7, 11) is 0. The number of nitrogens with zero attached hydrogens (tertiary/aromatic N) is 4. The second-order valence-electron chi connectivity index (χ2n) is 6.63. The summed E-state index contributed by atoms with van der Waals surface area (Å²) in [6, 6.07) is 13.6. The molecule has 0 unspecified atom stereocenters. The van der Waals surface area contributed by atoms with E-state index in [1.165, 1.54) is 23.7 Å². The molecule has 2 heterocycles. The first kappa shape index (κ1) is 18.9. The first-order valence-corrected chi connectivity index (χ1v) is 9.83. The van der Waals surface area contributed by atoms with Crippen LogP contribution in [0.25, 0.3) is 16.9 Å². The fourth-order valence-electron chi connectivity index (χ4n) is 3.14. The molecule has 4 aromatic rings. The summed E-state index contributed by atoms with van der Waals surface area (Å²) in [5.41, 5.74) is 5.71. The normalized spacial score (nSPS) is 10.9.